The fraction of sp³-hybridized carbons (Fsp3) is 0.667. The molecule has 1 fully saturated rings. The second-order valence-corrected chi connectivity index (χ2v) is 6.45. The highest BCUT2D eigenvalue weighted by atomic mass is 19.4. The van der Waals surface area contributed by atoms with Crippen molar-refractivity contribution in [3.8, 4) is 0 Å². The number of ether oxygens (including phenoxy) is 1. The van der Waals surface area contributed by atoms with Crippen LogP contribution in [0, 0.1) is 0 Å². The predicted molar refractivity (Wildman–Crippen MR) is 82.7 cm³/mol. The number of amides is 2. The predicted octanol–water partition coefficient (Wildman–Crippen LogP) is 2.94. The molecule has 0 aromatic rings. The van der Waals surface area contributed by atoms with Gasteiger partial charge in [-0.1, -0.05) is 6.08 Å². The molecule has 0 unspecified atom stereocenters. The van der Waals surface area contributed by atoms with Crippen molar-refractivity contribution < 1.29 is 31.9 Å². The lowest BCUT2D eigenvalue weighted by Crippen LogP contribution is -2.47. The highest BCUT2D eigenvalue weighted by molar-refractivity contribution is 6.00. The van der Waals surface area contributed by atoms with Gasteiger partial charge in [0.15, 0.2) is 5.71 Å². The van der Waals surface area contributed by atoms with Gasteiger partial charge in [0, 0.05) is 6.42 Å². The molecular weight excluding hydrogens is 346 g/mol. The van der Waals surface area contributed by atoms with E-state index in [0.717, 1.165) is 11.0 Å². The van der Waals surface area contributed by atoms with Crippen molar-refractivity contribution in [3.63, 3.8) is 0 Å². The van der Waals surface area contributed by atoms with Crippen molar-refractivity contribution in [1.29, 1.82) is 0 Å². The third kappa shape index (κ3) is 6.35. The van der Waals surface area contributed by atoms with Crippen LogP contribution in [0.15, 0.2) is 17.3 Å². The zero-order chi connectivity index (χ0) is 19.4. The fourth-order valence-corrected chi connectivity index (χ4v) is 2.10. The number of nitrogens with zero attached hydrogens (tertiary/aromatic N) is 2. The molecule has 6 nitrogen and oxygen atoms in total. The topological polar surface area (TPSA) is 71.0 Å². The summed E-state index contributed by atoms with van der Waals surface area (Å²) in [6, 6.07) is -1.30. The van der Waals surface area contributed by atoms with Crippen LogP contribution in [0.25, 0.3) is 0 Å². The molecule has 10 heteroatoms. The summed E-state index contributed by atoms with van der Waals surface area (Å²) in [5, 5.41) is 3.03. The summed E-state index contributed by atoms with van der Waals surface area (Å²) < 4.78 is 56.8. The Balaban J connectivity index is 2.89. The molecule has 0 aromatic heterocycles. The first-order chi connectivity index (χ1) is 11.3. The Kier molecular flexibility index (Phi) is 6.55. The normalized spacial score (nSPS) is 22.4. The van der Waals surface area contributed by atoms with Crippen LogP contribution in [0.5, 0.6) is 0 Å². The van der Waals surface area contributed by atoms with Crippen LogP contribution in [0.2, 0.25) is 0 Å². The smallest absolute Gasteiger partial charge is 0.435 e. The van der Waals surface area contributed by atoms with Crippen molar-refractivity contribution in [2.45, 2.75) is 58.1 Å². The van der Waals surface area contributed by atoms with Gasteiger partial charge in [0.2, 0.25) is 0 Å². The lowest BCUT2D eigenvalue weighted by molar-refractivity contribution is -0.125. The molecule has 1 N–H and O–H groups in total. The van der Waals surface area contributed by atoms with Gasteiger partial charge in [-0.2, -0.15) is 18.3 Å². The zero-order valence-electron chi connectivity index (χ0n) is 14.4. The molecule has 1 heterocycles. The molecule has 0 bridgehead atoms. The van der Waals surface area contributed by atoms with Crippen molar-refractivity contribution in [2.24, 2.45) is 5.10 Å². The standard InChI is InChI=1S/C15H21F4N3O3/c1-5-6-11(15(17,18)19)20-21-12(23)10-7-9(16)8-22(10)13(24)25-14(2,3)4/h5-6,9-10H,7-8H2,1-4H3,(H,21,23)/b6-5-,20-11+/t9-,10+/m1/s1. The van der Waals surface area contributed by atoms with E-state index in [1.165, 1.54) is 6.92 Å². The van der Waals surface area contributed by atoms with Crippen LogP contribution in [0.1, 0.15) is 34.1 Å². The first-order valence-electron chi connectivity index (χ1n) is 7.56. The second kappa shape index (κ2) is 7.83. The Morgan fingerprint density at radius 3 is 2.36 bits per heavy atom. The number of hydrogen-bond donors (Lipinski definition) is 1. The van der Waals surface area contributed by atoms with Crippen molar-refractivity contribution in [2.75, 3.05) is 6.54 Å². The molecule has 0 spiro atoms. The molecule has 142 valence electrons. The SMILES string of the molecule is C/C=C\C(=N/NC(=O)[C@@H]1C[C@@H](F)CN1C(=O)OC(C)(C)C)C(F)(F)F. The van der Waals surface area contributed by atoms with Gasteiger partial charge < -0.3 is 4.74 Å². The van der Waals surface area contributed by atoms with Crippen LogP contribution in [-0.2, 0) is 9.53 Å². The minimum Gasteiger partial charge on any atom is -0.444 e. The van der Waals surface area contributed by atoms with E-state index in [9.17, 15) is 27.2 Å². The summed E-state index contributed by atoms with van der Waals surface area (Å²) in [6.07, 6.45) is -5.71. The number of allylic oxidation sites excluding steroid dienone is 2. The average Bonchev–Trinajstić information content (AvgIpc) is 2.82. The minimum absolute atomic E-state index is 0.342. The number of carbonyl (C=O) groups is 2. The van der Waals surface area contributed by atoms with E-state index >= 15 is 0 Å². The van der Waals surface area contributed by atoms with Gasteiger partial charge in [-0.05, 0) is 33.8 Å². The van der Waals surface area contributed by atoms with Crippen LogP contribution < -0.4 is 5.43 Å². The lowest BCUT2D eigenvalue weighted by atomic mass is 10.2. The second-order valence-electron chi connectivity index (χ2n) is 6.45. The van der Waals surface area contributed by atoms with E-state index in [1.807, 2.05) is 0 Å². The van der Waals surface area contributed by atoms with Crippen molar-refractivity contribution >= 4 is 17.7 Å². The number of halogens is 4. The maximum absolute atomic E-state index is 13.6. The largest absolute Gasteiger partial charge is 0.444 e. The summed E-state index contributed by atoms with van der Waals surface area (Å²) in [5.74, 6) is -1.02. The van der Waals surface area contributed by atoms with Gasteiger partial charge >= 0.3 is 12.3 Å². The van der Waals surface area contributed by atoms with Crippen LogP contribution >= 0.6 is 0 Å². The number of hydrazone groups is 1. The highest BCUT2D eigenvalue weighted by Crippen LogP contribution is 2.24. The van der Waals surface area contributed by atoms with E-state index < -0.39 is 41.7 Å². The minimum atomic E-state index is -4.76. The molecule has 1 aliphatic heterocycles. The first-order valence-corrected chi connectivity index (χ1v) is 7.56. The molecule has 0 aromatic carbocycles. The van der Waals surface area contributed by atoms with Crippen LogP contribution in [0.3, 0.4) is 0 Å². The quantitative estimate of drug-likeness (QED) is 0.474. The summed E-state index contributed by atoms with van der Waals surface area (Å²) in [4.78, 5) is 25.0. The Hall–Kier alpha value is -2.13. The average molecular weight is 367 g/mol. The maximum atomic E-state index is 13.6. The lowest BCUT2D eigenvalue weighted by Gasteiger charge is -2.27. The third-order valence-electron chi connectivity index (χ3n) is 3.08. The third-order valence-corrected chi connectivity index (χ3v) is 3.08. The van der Waals surface area contributed by atoms with Gasteiger partial charge in [-0.25, -0.2) is 14.6 Å². The van der Waals surface area contributed by atoms with Crippen LogP contribution in [0.4, 0.5) is 22.4 Å². The summed E-state index contributed by atoms with van der Waals surface area (Å²) in [5.41, 5.74) is -0.433. The summed E-state index contributed by atoms with van der Waals surface area (Å²) in [6.45, 7) is 5.77. The zero-order valence-corrected chi connectivity index (χ0v) is 14.4. The molecule has 2 amide bonds. The Bertz CT molecular complexity index is 567. The van der Waals surface area contributed by atoms with E-state index in [-0.39, 0.29) is 13.0 Å². The molecule has 0 radical (unpaired) electrons. The van der Waals surface area contributed by atoms with Crippen LogP contribution in [-0.4, -0.2) is 53.1 Å². The summed E-state index contributed by atoms with van der Waals surface area (Å²) >= 11 is 0. The Morgan fingerprint density at radius 2 is 1.88 bits per heavy atom. The van der Waals surface area contributed by atoms with E-state index in [1.54, 1.807) is 26.2 Å². The fourth-order valence-electron chi connectivity index (χ4n) is 2.10. The maximum Gasteiger partial charge on any atom is 0.435 e. The molecule has 1 aliphatic rings. The number of alkyl halides is 4. The monoisotopic (exact) mass is 367 g/mol. The van der Waals surface area contributed by atoms with Gasteiger partial charge in [0.25, 0.3) is 5.91 Å². The van der Waals surface area contributed by atoms with E-state index in [4.69, 9.17) is 4.74 Å². The highest BCUT2D eigenvalue weighted by Gasteiger charge is 2.42. The Labute approximate surface area is 142 Å². The first kappa shape index (κ1) is 20.9. The van der Waals surface area contributed by atoms with Gasteiger partial charge in [0.05, 0.1) is 6.54 Å². The molecule has 0 aliphatic carbocycles. The number of hydrogen-bond acceptors (Lipinski definition) is 4. The molecule has 2 atom stereocenters. The van der Waals surface area contributed by atoms with E-state index in [2.05, 4.69) is 5.10 Å². The van der Waals surface area contributed by atoms with Gasteiger partial charge in [0.1, 0.15) is 17.8 Å². The van der Waals surface area contributed by atoms with Gasteiger partial charge in [-0.15, -0.1) is 0 Å². The molecule has 1 rings (SSSR count). The molecule has 25 heavy (non-hydrogen) atoms. The molecule has 0 saturated carbocycles. The van der Waals surface area contributed by atoms with E-state index in [0.29, 0.717) is 6.08 Å². The molecular formula is C15H21F4N3O3. The number of nitrogens with one attached hydrogen (secondary N) is 1. The summed E-state index contributed by atoms with van der Waals surface area (Å²) in [7, 11) is 0. The van der Waals surface area contributed by atoms with Crippen molar-refractivity contribution in [3.05, 3.63) is 12.2 Å². The molecule has 1 saturated heterocycles. The van der Waals surface area contributed by atoms with Crippen molar-refractivity contribution in [1.82, 2.24) is 10.3 Å². The number of likely N-dealkylation sites (tertiary alicyclic amines) is 1. The number of rotatable bonds is 3. The number of carbonyl (C=O) groups excluding carboxylic acids is 2. The Morgan fingerprint density at radius 1 is 1.28 bits per heavy atom. The van der Waals surface area contributed by atoms with Gasteiger partial charge in [-0.3, -0.25) is 9.69 Å².